The van der Waals surface area contributed by atoms with Gasteiger partial charge < -0.3 is 9.73 Å². The minimum Gasteiger partial charge on any atom is -0.434 e. The Labute approximate surface area is 156 Å². The molecule has 4 aromatic rings. The normalized spacial score (nSPS) is 11.1. The lowest BCUT2D eigenvalue weighted by Crippen LogP contribution is -2.09. The molecule has 5 heteroatoms. The average molecular weight is 355 g/mol. The Hall–Kier alpha value is -3.73. The Bertz CT molecular complexity index is 1100. The number of anilines is 1. The van der Waals surface area contributed by atoms with Crippen LogP contribution in [0.3, 0.4) is 0 Å². The van der Waals surface area contributed by atoms with Crippen LogP contribution in [0.4, 0.5) is 5.69 Å². The zero-order chi connectivity index (χ0) is 18.6. The van der Waals surface area contributed by atoms with E-state index < -0.39 is 0 Å². The van der Waals surface area contributed by atoms with Gasteiger partial charge >= 0.3 is 0 Å². The summed E-state index contributed by atoms with van der Waals surface area (Å²) in [7, 11) is 0. The Morgan fingerprint density at radius 1 is 1.07 bits per heavy atom. The van der Waals surface area contributed by atoms with E-state index >= 15 is 0 Å². The molecular formula is C22H17N3O2. The molecule has 2 aromatic heterocycles. The fourth-order valence-electron chi connectivity index (χ4n) is 2.69. The van der Waals surface area contributed by atoms with E-state index in [1.165, 1.54) is 6.08 Å². The van der Waals surface area contributed by atoms with Crippen molar-refractivity contribution < 1.29 is 9.21 Å². The molecule has 0 spiro atoms. The third-order valence-corrected chi connectivity index (χ3v) is 4.13. The molecule has 0 radical (unpaired) electrons. The van der Waals surface area contributed by atoms with Gasteiger partial charge in [-0.1, -0.05) is 36.4 Å². The predicted octanol–water partition coefficient (Wildman–Crippen LogP) is 4.85. The van der Waals surface area contributed by atoms with Gasteiger partial charge in [0.2, 0.25) is 11.8 Å². The summed E-state index contributed by atoms with van der Waals surface area (Å²) >= 11 is 0. The lowest BCUT2D eigenvalue weighted by atomic mass is 10.1. The van der Waals surface area contributed by atoms with Gasteiger partial charge in [-0.2, -0.15) is 4.98 Å². The van der Waals surface area contributed by atoms with E-state index in [9.17, 15) is 4.79 Å². The van der Waals surface area contributed by atoms with Crippen LogP contribution < -0.4 is 5.32 Å². The van der Waals surface area contributed by atoms with Crippen LogP contribution in [0.2, 0.25) is 0 Å². The van der Waals surface area contributed by atoms with Gasteiger partial charge in [0, 0.05) is 23.5 Å². The number of fused-ring (bicyclic) bond motifs is 1. The van der Waals surface area contributed by atoms with Crippen LogP contribution in [0, 0.1) is 6.92 Å². The first-order chi connectivity index (χ1) is 13.2. The first kappa shape index (κ1) is 16.7. The highest BCUT2D eigenvalue weighted by atomic mass is 16.3. The van der Waals surface area contributed by atoms with E-state index in [0.717, 1.165) is 16.7 Å². The molecule has 0 fully saturated rings. The lowest BCUT2D eigenvalue weighted by molar-refractivity contribution is -0.111. The molecule has 0 aliphatic rings. The molecule has 0 bridgehead atoms. The number of hydrogen-bond acceptors (Lipinski definition) is 4. The largest absolute Gasteiger partial charge is 0.434 e. The Balaban J connectivity index is 1.57. The predicted molar refractivity (Wildman–Crippen MR) is 106 cm³/mol. The monoisotopic (exact) mass is 355 g/mol. The first-order valence-electron chi connectivity index (χ1n) is 8.56. The Morgan fingerprint density at radius 2 is 1.93 bits per heavy atom. The van der Waals surface area contributed by atoms with Crippen LogP contribution in [0.15, 0.2) is 77.4 Å². The molecule has 132 valence electrons. The van der Waals surface area contributed by atoms with Gasteiger partial charge in [0.05, 0.1) is 0 Å². The van der Waals surface area contributed by atoms with Gasteiger partial charge in [-0.3, -0.25) is 4.79 Å². The minimum atomic E-state index is -0.196. The smallest absolute Gasteiger partial charge is 0.248 e. The van der Waals surface area contributed by atoms with Crippen LogP contribution in [0.1, 0.15) is 11.1 Å². The van der Waals surface area contributed by atoms with Gasteiger partial charge in [0.1, 0.15) is 0 Å². The molecule has 1 N–H and O–H groups in total. The van der Waals surface area contributed by atoms with Gasteiger partial charge in [0.25, 0.3) is 0 Å². The number of aryl methyl sites for hydroxylation is 1. The van der Waals surface area contributed by atoms with Crippen LogP contribution >= 0.6 is 0 Å². The van der Waals surface area contributed by atoms with Crippen molar-refractivity contribution in [1.82, 2.24) is 9.97 Å². The summed E-state index contributed by atoms with van der Waals surface area (Å²) in [6.07, 6.45) is 4.97. The van der Waals surface area contributed by atoms with Crippen LogP contribution in [-0.4, -0.2) is 15.9 Å². The number of nitrogens with zero attached hydrogens (tertiary/aromatic N) is 2. The van der Waals surface area contributed by atoms with Crippen molar-refractivity contribution in [2.75, 3.05) is 5.32 Å². The van der Waals surface area contributed by atoms with E-state index in [2.05, 4.69) is 15.3 Å². The second kappa shape index (κ2) is 7.25. The van der Waals surface area contributed by atoms with Gasteiger partial charge in [-0.15, -0.1) is 0 Å². The molecule has 27 heavy (non-hydrogen) atoms. The highest BCUT2D eigenvalue weighted by Gasteiger charge is 2.11. The molecule has 4 rings (SSSR count). The van der Waals surface area contributed by atoms with Crippen LogP contribution in [0.5, 0.6) is 0 Å². The SMILES string of the molecule is Cc1ccc(-c2nc3ncccc3o2)cc1NC(=O)/C=C/c1ccccc1. The van der Waals surface area contributed by atoms with Gasteiger partial charge in [0.15, 0.2) is 11.2 Å². The standard InChI is InChI=1S/C22H17N3O2/c1-15-9-11-17(22-25-21-19(27-22)8-5-13-23-21)14-18(15)24-20(26)12-10-16-6-3-2-4-7-16/h2-14H,1H3,(H,24,26)/b12-10+. The summed E-state index contributed by atoms with van der Waals surface area (Å²) in [6.45, 7) is 1.94. The third kappa shape index (κ3) is 3.77. The van der Waals surface area contributed by atoms with Crippen molar-refractivity contribution in [2.45, 2.75) is 6.92 Å². The summed E-state index contributed by atoms with van der Waals surface area (Å²) in [6, 6.07) is 19.0. The van der Waals surface area contributed by atoms with E-state index in [4.69, 9.17) is 4.42 Å². The number of rotatable bonds is 4. The molecule has 2 aromatic carbocycles. The summed E-state index contributed by atoms with van der Waals surface area (Å²) in [5.74, 6) is 0.275. The lowest BCUT2D eigenvalue weighted by Gasteiger charge is -2.08. The topological polar surface area (TPSA) is 68.0 Å². The zero-order valence-electron chi connectivity index (χ0n) is 14.7. The fraction of sp³-hybridized carbons (Fsp3) is 0.0455. The van der Waals surface area contributed by atoms with E-state index in [0.29, 0.717) is 22.8 Å². The number of aromatic nitrogens is 2. The number of benzene rings is 2. The maximum atomic E-state index is 12.3. The number of nitrogens with one attached hydrogen (secondary N) is 1. The number of oxazole rings is 1. The third-order valence-electron chi connectivity index (χ3n) is 4.13. The molecule has 0 aliphatic heterocycles. The quantitative estimate of drug-likeness (QED) is 0.531. The summed E-state index contributed by atoms with van der Waals surface area (Å²) < 4.78 is 5.76. The number of pyridine rings is 1. The summed E-state index contributed by atoms with van der Waals surface area (Å²) in [4.78, 5) is 20.9. The average Bonchev–Trinajstić information content (AvgIpc) is 3.13. The number of carbonyl (C=O) groups excluding carboxylic acids is 1. The maximum absolute atomic E-state index is 12.3. The van der Waals surface area contributed by atoms with Gasteiger partial charge in [-0.05, 0) is 48.4 Å². The van der Waals surface area contributed by atoms with E-state index in [1.54, 1.807) is 18.3 Å². The molecular weight excluding hydrogens is 338 g/mol. The first-order valence-corrected chi connectivity index (χ1v) is 8.56. The summed E-state index contributed by atoms with van der Waals surface area (Å²) in [5.41, 5.74) is 4.60. The van der Waals surface area contributed by atoms with E-state index in [1.807, 2.05) is 61.5 Å². The molecule has 0 saturated carbocycles. The van der Waals surface area contributed by atoms with Crippen molar-refractivity contribution >= 4 is 28.9 Å². The van der Waals surface area contributed by atoms with Gasteiger partial charge in [-0.25, -0.2) is 4.98 Å². The highest BCUT2D eigenvalue weighted by molar-refractivity contribution is 6.02. The number of amides is 1. The second-order valence-electron chi connectivity index (χ2n) is 6.11. The van der Waals surface area contributed by atoms with Crippen LogP contribution in [-0.2, 0) is 4.79 Å². The maximum Gasteiger partial charge on any atom is 0.248 e. The van der Waals surface area contributed by atoms with Crippen molar-refractivity contribution in [3.8, 4) is 11.5 Å². The minimum absolute atomic E-state index is 0.196. The van der Waals surface area contributed by atoms with Crippen molar-refractivity contribution in [3.05, 3.63) is 84.1 Å². The number of hydrogen-bond donors (Lipinski definition) is 1. The molecule has 5 nitrogen and oxygen atoms in total. The van der Waals surface area contributed by atoms with Crippen molar-refractivity contribution in [3.63, 3.8) is 0 Å². The molecule has 0 atom stereocenters. The molecule has 0 unspecified atom stereocenters. The Morgan fingerprint density at radius 3 is 2.74 bits per heavy atom. The van der Waals surface area contributed by atoms with Crippen LogP contribution in [0.25, 0.3) is 28.8 Å². The zero-order valence-corrected chi connectivity index (χ0v) is 14.7. The van der Waals surface area contributed by atoms with Crippen molar-refractivity contribution in [1.29, 1.82) is 0 Å². The second-order valence-corrected chi connectivity index (χ2v) is 6.11. The number of carbonyl (C=O) groups is 1. The molecule has 1 amide bonds. The molecule has 0 aliphatic carbocycles. The fourth-order valence-corrected chi connectivity index (χ4v) is 2.69. The molecule has 2 heterocycles. The molecule has 0 saturated heterocycles. The van der Waals surface area contributed by atoms with Crippen molar-refractivity contribution in [2.24, 2.45) is 0 Å². The summed E-state index contributed by atoms with van der Waals surface area (Å²) in [5, 5.41) is 2.91. The van der Waals surface area contributed by atoms with E-state index in [-0.39, 0.29) is 5.91 Å². The Kier molecular flexibility index (Phi) is 4.49. The highest BCUT2D eigenvalue weighted by Crippen LogP contribution is 2.27.